The monoisotopic (exact) mass is 375 g/mol. The van der Waals surface area contributed by atoms with Crippen molar-refractivity contribution in [3.05, 3.63) is 107 Å². The first kappa shape index (κ1) is 17.3. The Morgan fingerprint density at radius 1 is 0.815 bits per heavy atom. The number of carbonyl (C=O) groups is 1. The number of halogens is 2. The zero-order chi connectivity index (χ0) is 18.8. The molecule has 4 aromatic rings. The van der Waals surface area contributed by atoms with Gasteiger partial charge in [-0.15, -0.1) is 0 Å². The van der Waals surface area contributed by atoms with E-state index in [1.807, 2.05) is 54.6 Å². The fourth-order valence-electron chi connectivity index (χ4n) is 3.05. The molecule has 27 heavy (non-hydrogen) atoms. The summed E-state index contributed by atoms with van der Waals surface area (Å²) in [6.45, 7) is 0. The molecular formula is C23H15ClFNO. The van der Waals surface area contributed by atoms with E-state index in [0.29, 0.717) is 22.3 Å². The van der Waals surface area contributed by atoms with Gasteiger partial charge in [0.05, 0.1) is 5.02 Å². The first-order chi connectivity index (χ1) is 13.1. The fraction of sp³-hybridized carbons (Fsp3) is 0. The number of aromatic amines is 1. The van der Waals surface area contributed by atoms with E-state index in [4.69, 9.17) is 11.6 Å². The summed E-state index contributed by atoms with van der Waals surface area (Å²) >= 11 is 5.89. The largest absolute Gasteiger partial charge is 0.366 e. The van der Waals surface area contributed by atoms with Crippen LogP contribution in [-0.4, -0.2) is 10.8 Å². The van der Waals surface area contributed by atoms with E-state index >= 15 is 0 Å². The smallest absolute Gasteiger partial charge is 0.195 e. The molecule has 1 N–H and O–H groups in total. The van der Waals surface area contributed by atoms with Crippen LogP contribution in [0.25, 0.3) is 22.3 Å². The maximum atomic E-state index is 13.4. The predicted octanol–water partition coefficient (Wildman–Crippen LogP) is 6.37. The van der Waals surface area contributed by atoms with E-state index in [1.165, 1.54) is 12.1 Å². The summed E-state index contributed by atoms with van der Waals surface area (Å²) in [7, 11) is 0. The number of benzene rings is 3. The number of hydrogen-bond acceptors (Lipinski definition) is 1. The van der Waals surface area contributed by atoms with Gasteiger partial charge in [-0.1, -0.05) is 72.3 Å². The molecule has 0 radical (unpaired) electrons. The maximum Gasteiger partial charge on any atom is 0.195 e. The van der Waals surface area contributed by atoms with Crippen LogP contribution in [0.2, 0.25) is 5.02 Å². The Kier molecular flexibility index (Phi) is 4.61. The van der Waals surface area contributed by atoms with E-state index in [9.17, 15) is 9.18 Å². The topological polar surface area (TPSA) is 32.9 Å². The van der Waals surface area contributed by atoms with Crippen molar-refractivity contribution in [3.63, 3.8) is 0 Å². The second kappa shape index (κ2) is 7.22. The van der Waals surface area contributed by atoms with Gasteiger partial charge >= 0.3 is 0 Å². The maximum absolute atomic E-state index is 13.4. The minimum absolute atomic E-state index is 0.0271. The lowest BCUT2D eigenvalue weighted by atomic mass is 9.96. The second-order valence-corrected chi connectivity index (χ2v) is 6.59. The molecule has 4 heteroatoms. The van der Waals surface area contributed by atoms with Gasteiger partial charge in [-0.05, 0) is 28.8 Å². The van der Waals surface area contributed by atoms with Crippen molar-refractivity contribution in [1.82, 2.24) is 4.98 Å². The quantitative estimate of drug-likeness (QED) is 0.413. The van der Waals surface area contributed by atoms with E-state index in [-0.39, 0.29) is 10.8 Å². The molecule has 0 spiro atoms. The molecule has 0 fully saturated rings. The SMILES string of the molecule is O=C(c1ccc(-c2ccccc2)cc1)c1c[nH]cc1-c1ccc(F)c(Cl)c1. The first-order valence-corrected chi connectivity index (χ1v) is 8.83. The summed E-state index contributed by atoms with van der Waals surface area (Å²) in [5, 5.41) is 0.0271. The lowest BCUT2D eigenvalue weighted by Gasteiger charge is -2.06. The highest BCUT2D eigenvalue weighted by molar-refractivity contribution is 6.31. The van der Waals surface area contributed by atoms with Crippen LogP contribution in [0.15, 0.2) is 85.2 Å². The Balaban J connectivity index is 1.66. The Morgan fingerprint density at radius 2 is 1.48 bits per heavy atom. The van der Waals surface area contributed by atoms with Crippen LogP contribution in [0.4, 0.5) is 4.39 Å². The Morgan fingerprint density at radius 3 is 2.19 bits per heavy atom. The second-order valence-electron chi connectivity index (χ2n) is 6.18. The number of nitrogens with one attached hydrogen (secondary N) is 1. The van der Waals surface area contributed by atoms with Crippen LogP contribution in [0.1, 0.15) is 15.9 Å². The Hall–Kier alpha value is -3.17. The van der Waals surface area contributed by atoms with Gasteiger partial charge in [0, 0.05) is 29.1 Å². The molecule has 1 aromatic heterocycles. The third kappa shape index (κ3) is 3.42. The molecule has 3 aromatic carbocycles. The average Bonchev–Trinajstić information content (AvgIpc) is 3.20. The van der Waals surface area contributed by atoms with E-state index < -0.39 is 5.82 Å². The molecule has 0 saturated heterocycles. The molecule has 132 valence electrons. The summed E-state index contributed by atoms with van der Waals surface area (Å²) in [5.41, 5.74) is 4.63. The molecule has 2 nitrogen and oxygen atoms in total. The molecule has 0 saturated carbocycles. The molecule has 0 amide bonds. The van der Waals surface area contributed by atoms with Crippen LogP contribution in [0.3, 0.4) is 0 Å². The minimum Gasteiger partial charge on any atom is -0.366 e. The van der Waals surface area contributed by atoms with Crippen molar-refractivity contribution in [1.29, 1.82) is 0 Å². The number of hydrogen-bond donors (Lipinski definition) is 1. The normalized spacial score (nSPS) is 10.7. The van der Waals surface area contributed by atoms with Gasteiger partial charge in [0.25, 0.3) is 0 Å². The highest BCUT2D eigenvalue weighted by Gasteiger charge is 2.17. The summed E-state index contributed by atoms with van der Waals surface area (Å²) in [4.78, 5) is 15.9. The Labute approximate surface area is 161 Å². The van der Waals surface area contributed by atoms with Gasteiger partial charge in [0.15, 0.2) is 5.78 Å². The van der Waals surface area contributed by atoms with E-state index in [1.54, 1.807) is 18.5 Å². The standard InChI is InChI=1S/C23H15ClFNO/c24-21-12-18(10-11-22(21)25)19-13-26-14-20(19)23(27)17-8-6-16(7-9-17)15-4-2-1-3-5-15/h1-14,26H. The van der Waals surface area contributed by atoms with Crippen LogP contribution in [-0.2, 0) is 0 Å². The lowest BCUT2D eigenvalue weighted by molar-refractivity contribution is 0.103. The molecule has 0 aliphatic rings. The third-order valence-electron chi connectivity index (χ3n) is 4.47. The summed E-state index contributed by atoms with van der Waals surface area (Å²) in [5.74, 6) is -0.591. The molecule has 0 aliphatic heterocycles. The number of ketones is 1. The number of H-pyrrole nitrogens is 1. The van der Waals surface area contributed by atoms with E-state index in [2.05, 4.69) is 4.98 Å². The van der Waals surface area contributed by atoms with Crippen LogP contribution in [0, 0.1) is 5.82 Å². The average molecular weight is 376 g/mol. The highest BCUT2D eigenvalue weighted by atomic mass is 35.5. The lowest BCUT2D eigenvalue weighted by Crippen LogP contribution is -2.01. The number of aromatic nitrogens is 1. The van der Waals surface area contributed by atoms with Gasteiger partial charge < -0.3 is 4.98 Å². The number of carbonyl (C=O) groups excluding carboxylic acids is 1. The molecular weight excluding hydrogens is 361 g/mol. The van der Waals surface area contributed by atoms with Crippen molar-refractivity contribution < 1.29 is 9.18 Å². The summed E-state index contributed by atoms with van der Waals surface area (Å²) < 4.78 is 13.4. The van der Waals surface area contributed by atoms with E-state index in [0.717, 1.165) is 11.1 Å². The van der Waals surface area contributed by atoms with Crippen molar-refractivity contribution in [2.24, 2.45) is 0 Å². The van der Waals surface area contributed by atoms with Gasteiger partial charge in [0.2, 0.25) is 0 Å². The van der Waals surface area contributed by atoms with Crippen molar-refractivity contribution in [2.75, 3.05) is 0 Å². The van der Waals surface area contributed by atoms with Gasteiger partial charge in [-0.2, -0.15) is 0 Å². The zero-order valence-electron chi connectivity index (χ0n) is 14.2. The van der Waals surface area contributed by atoms with Gasteiger partial charge in [0.1, 0.15) is 5.82 Å². The van der Waals surface area contributed by atoms with Gasteiger partial charge in [-0.3, -0.25) is 4.79 Å². The highest BCUT2D eigenvalue weighted by Crippen LogP contribution is 2.29. The van der Waals surface area contributed by atoms with Crippen molar-refractivity contribution in [2.45, 2.75) is 0 Å². The summed E-state index contributed by atoms with van der Waals surface area (Å²) in [6, 6.07) is 21.9. The van der Waals surface area contributed by atoms with Crippen LogP contribution >= 0.6 is 11.6 Å². The molecule has 4 rings (SSSR count). The molecule has 0 unspecified atom stereocenters. The molecule has 1 heterocycles. The predicted molar refractivity (Wildman–Crippen MR) is 107 cm³/mol. The van der Waals surface area contributed by atoms with Crippen LogP contribution < -0.4 is 0 Å². The summed E-state index contributed by atoms with van der Waals surface area (Å²) in [6.07, 6.45) is 3.37. The minimum atomic E-state index is -0.486. The van der Waals surface area contributed by atoms with Crippen LogP contribution in [0.5, 0.6) is 0 Å². The third-order valence-corrected chi connectivity index (χ3v) is 4.76. The number of rotatable bonds is 4. The molecule has 0 bridgehead atoms. The fourth-order valence-corrected chi connectivity index (χ4v) is 3.23. The van der Waals surface area contributed by atoms with Crippen molar-refractivity contribution >= 4 is 17.4 Å². The molecule has 0 atom stereocenters. The van der Waals surface area contributed by atoms with Gasteiger partial charge in [-0.25, -0.2) is 4.39 Å². The Bertz CT molecular complexity index is 1100. The first-order valence-electron chi connectivity index (χ1n) is 8.46. The zero-order valence-corrected chi connectivity index (χ0v) is 15.0. The molecule has 0 aliphatic carbocycles. The van der Waals surface area contributed by atoms with Crippen molar-refractivity contribution in [3.8, 4) is 22.3 Å².